The summed E-state index contributed by atoms with van der Waals surface area (Å²) in [4.78, 5) is 12.0. The van der Waals surface area contributed by atoms with Crippen LogP contribution in [-0.2, 0) is 15.1 Å². The summed E-state index contributed by atoms with van der Waals surface area (Å²) in [5.74, 6) is -0.401. The van der Waals surface area contributed by atoms with Crippen molar-refractivity contribution < 1.29 is 32.5 Å². The van der Waals surface area contributed by atoms with Gasteiger partial charge in [0.2, 0.25) is 0 Å². The molecule has 0 saturated heterocycles. The molecular weight excluding hydrogens is 373 g/mol. The van der Waals surface area contributed by atoms with E-state index in [2.05, 4.69) is 6.58 Å². The molecule has 0 amide bonds. The number of benzene rings is 1. The van der Waals surface area contributed by atoms with Crippen molar-refractivity contribution in [1.82, 2.24) is 0 Å². The van der Waals surface area contributed by atoms with E-state index < -0.39 is 28.9 Å². The van der Waals surface area contributed by atoms with E-state index in [0.29, 0.717) is 25.3 Å². The van der Waals surface area contributed by atoms with Crippen molar-refractivity contribution in [2.75, 3.05) is 0 Å². The van der Waals surface area contributed by atoms with Crippen LogP contribution in [0, 0.1) is 0 Å². The van der Waals surface area contributed by atoms with Crippen LogP contribution in [0.1, 0.15) is 58.9 Å². The van der Waals surface area contributed by atoms with E-state index in [1.165, 1.54) is 20.8 Å². The van der Waals surface area contributed by atoms with Gasteiger partial charge < -0.3 is 14.6 Å². The van der Waals surface area contributed by atoms with Crippen LogP contribution >= 0.6 is 0 Å². The predicted molar refractivity (Wildman–Crippen MR) is 98.9 cm³/mol. The number of para-hydroxylation sites is 1. The number of esters is 1. The summed E-state index contributed by atoms with van der Waals surface area (Å²) in [7, 11) is 0. The highest BCUT2D eigenvalue weighted by Crippen LogP contribution is 2.51. The zero-order chi connectivity index (χ0) is 21.4. The summed E-state index contributed by atoms with van der Waals surface area (Å²) in [5.41, 5.74) is -5.42. The van der Waals surface area contributed by atoms with Crippen LogP contribution in [0.2, 0.25) is 0 Å². The lowest BCUT2D eigenvalue weighted by atomic mass is 9.83. The van der Waals surface area contributed by atoms with Crippen molar-refractivity contribution >= 4 is 5.97 Å². The molecule has 0 aromatic heterocycles. The molecule has 0 heterocycles. The predicted octanol–water partition coefficient (Wildman–Crippen LogP) is 5.05. The Balaban J connectivity index is 2.49. The van der Waals surface area contributed by atoms with Gasteiger partial charge in [0, 0.05) is 11.1 Å². The van der Waals surface area contributed by atoms with Gasteiger partial charge in [-0.15, -0.1) is 0 Å². The molecule has 1 aliphatic carbocycles. The van der Waals surface area contributed by atoms with Crippen LogP contribution in [0.25, 0.3) is 0 Å². The first-order valence-corrected chi connectivity index (χ1v) is 9.20. The van der Waals surface area contributed by atoms with E-state index >= 15 is 0 Å². The van der Waals surface area contributed by atoms with E-state index in [-0.39, 0.29) is 11.3 Å². The lowest BCUT2D eigenvalue weighted by Gasteiger charge is -2.46. The van der Waals surface area contributed by atoms with Gasteiger partial charge in [-0.2, -0.15) is 13.2 Å². The van der Waals surface area contributed by atoms with Crippen molar-refractivity contribution in [3.63, 3.8) is 0 Å². The molecule has 1 aromatic carbocycles. The molecule has 0 radical (unpaired) electrons. The zero-order valence-electron chi connectivity index (χ0n) is 16.7. The average molecular weight is 400 g/mol. The number of ether oxygens (including phenoxy) is 2. The first kappa shape index (κ1) is 22.4. The molecule has 28 heavy (non-hydrogen) atoms. The zero-order valence-corrected chi connectivity index (χ0v) is 16.7. The maximum Gasteiger partial charge on any atom is 0.419 e. The molecule has 1 N–H and O–H groups in total. The molecule has 1 saturated carbocycles. The molecule has 4 nitrogen and oxygen atoms in total. The number of hydrogen-bond acceptors (Lipinski definition) is 4. The third-order valence-corrected chi connectivity index (χ3v) is 5.52. The minimum absolute atomic E-state index is 0.205. The first-order valence-electron chi connectivity index (χ1n) is 9.20. The molecule has 1 atom stereocenters. The molecule has 1 unspecified atom stereocenters. The van der Waals surface area contributed by atoms with Crippen molar-refractivity contribution in [2.24, 2.45) is 0 Å². The number of halogens is 3. The van der Waals surface area contributed by atoms with Gasteiger partial charge in [0.25, 0.3) is 0 Å². The fourth-order valence-corrected chi connectivity index (χ4v) is 3.42. The minimum Gasteiger partial charge on any atom is -0.423 e. The molecule has 0 spiro atoms. The maximum absolute atomic E-state index is 13.5. The van der Waals surface area contributed by atoms with Gasteiger partial charge in [0.1, 0.15) is 11.4 Å². The summed E-state index contributed by atoms with van der Waals surface area (Å²) in [6.07, 6.45) is -2.49. The third kappa shape index (κ3) is 4.10. The van der Waals surface area contributed by atoms with Crippen molar-refractivity contribution in [3.8, 4) is 5.75 Å². The number of carbonyl (C=O) groups excluding carboxylic acids is 1. The SMILES string of the molecule is C=C(C)C(=O)Oc1ccccc1C1(OC(C)(C)C(C)(O)C(F)(F)F)CCCC1. The fourth-order valence-electron chi connectivity index (χ4n) is 3.42. The fraction of sp³-hybridized carbons (Fsp3) is 0.571. The highest BCUT2D eigenvalue weighted by Gasteiger charge is 2.62. The second kappa shape index (κ2) is 7.52. The standard InChI is InChI=1S/C21H27F3O4/c1-14(2)17(25)27-16-11-7-6-10-15(16)20(12-8-9-13-20)28-18(3,4)19(5,26)21(22,23)24/h6-7,10-11,26H,1,8-9,12-13H2,2-5H3. The highest BCUT2D eigenvalue weighted by atomic mass is 19.4. The van der Waals surface area contributed by atoms with Crippen LogP contribution < -0.4 is 4.74 Å². The van der Waals surface area contributed by atoms with Gasteiger partial charge in [0.15, 0.2) is 5.60 Å². The van der Waals surface area contributed by atoms with Crippen LogP contribution in [0.3, 0.4) is 0 Å². The Kier molecular flexibility index (Phi) is 6.02. The average Bonchev–Trinajstić information content (AvgIpc) is 3.02. The normalized spacial score (nSPS) is 19.1. The first-order chi connectivity index (χ1) is 12.7. The molecule has 1 aromatic rings. The second-order valence-electron chi connectivity index (χ2n) is 8.05. The molecule has 1 fully saturated rings. The van der Waals surface area contributed by atoms with Gasteiger partial charge in [0.05, 0.1) is 5.60 Å². The molecule has 0 bridgehead atoms. The number of aliphatic hydroxyl groups is 1. The Labute approximate surface area is 163 Å². The summed E-state index contributed by atoms with van der Waals surface area (Å²) >= 11 is 0. The smallest absolute Gasteiger partial charge is 0.419 e. The van der Waals surface area contributed by atoms with E-state index in [1.54, 1.807) is 24.3 Å². The van der Waals surface area contributed by atoms with Gasteiger partial charge in [-0.3, -0.25) is 0 Å². The Morgan fingerprint density at radius 2 is 1.68 bits per heavy atom. The van der Waals surface area contributed by atoms with Crippen molar-refractivity contribution in [1.29, 1.82) is 0 Å². The highest BCUT2D eigenvalue weighted by molar-refractivity contribution is 5.89. The van der Waals surface area contributed by atoms with Crippen LogP contribution in [0.4, 0.5) is 13.2 Å². The molecular formula is C21H27F3O4. The Bertz CT molecular complexity index is 744. The second-order valence-corrected chi connectivity index (χ2v) is 8.05. The molecule has 7 heteroatoms. The lowest BCUT2D eigenvalue weighted by Crippen LogP contribution is -2.61. The summed E-state index contributed by atoms with van der Waals surface area (Å²) in [5, 5.41) is 10.2. The topological polar surface area (TPSA) is 55.8 Å². The van der Waals surface area contributed by atoms with E-state index in [4.69, 9.17) is 9.47 Å². The minimum atomic E-state index is -4.87. The third-order valence-electron chi connectivity index (χ3n) is 5.52. The maximum atomic E-state index is 13.5. The van der Waals surface area contributed by atoms with Crippen molar-refractivity contribution in [3.05, 3.63) is 42.0 Å². The van der Waals surface area contributed by atoms with Gasteiger partial charge >= 0.3 is 12.1 Å². The largest absolute Gasteiger partial charge is 0.423 e. The van der Waals surface area contributed by atoms with E-state index in [9.17, 15) is 23.1 Å². The summed E-state index contributed by atoms with van der Waals surface area (Å²) < 4.78 is 51.9. The number of alkyl halides is 3. The van der Waals surface area contributed by atoms with Gasteiger partial charge in [-0.1, -0.05) is 37.6 Å². The molecule has 1 aliphatic rings. The number of carbonyl (C=O) groups is 1. The van der Waals surface area contributed by atoms with Gasteiger partial charge in [-0.25, -0.2) is 4.79 Å². The van der Waals surface area contributed by atoms with Crippen LogP contribution in [0.5, 0.6) is 5.75 Å². The Morgan fingerprint density at radius 1 is 1.14 bits per heavy atom. The van der Waals surface area contributed by atoms with Crippen LogP contribution in [0.15, 0.2) is 36.4 Å². The van der Waals surface area contributed by atoms with Crippen molar-refractivity contribution in [2.45, 2.75) is 76.4 Å². The lowest BCUT2D eigenvalue weighted by molar-refractivity contribution is -0.330. The van der Waals surface area contributed by atoms with E-state index in [1.807, 2.05) is 0 Å². The quantitative estimate of drug-likeness (QED) is 0.413. The molecule has 2 rings (SSSR count). The Morgan fingerprint density at radius 3 is 2.18 bits per heavy atom. The molecule has 156 valence electrons. The van der Waals surface area contributed by atoms with Gasteiger partial charge in [-0.05, 0) is 46.6 Å². The van der Waals surface area contributed by atoms with E-state index in [0.717, 1.165) is 12.8 Å². The number of hydrogen-bond donors (Lipinski definition) is 1. The summed E-state index contributed by atoms with van der Waals surface area (Å²) in [6, 6.07) is 6.65. The number of rotatable bonds is 6. The monoisotopic (exact) mass is 400 g/mol. The van der Waals surface area contributed by atoms with Crippen LogP contribution in [-0.4, -0.2) is 28.5 Å². The molecule has 0 aliphatic heterocycles. The Hall–Kier alpha value is -1.86. The summed E-state index contributed by atoms with van der Waals surface area (Å²) in [6.45, 7) is 8.22.